The van der Waals surface area contributed by atoms with Crippen molar-refractivity contribution in [3.05, 3.63) is 77.9 Å². The molecule has 1 heterocycles. The molecule has 0 radical (unpaired) electrons. The monoisotopic (exact) mass is 414 g/mol. The summed E-state index contributed by atoms with van der Waals surface area (Å²) in [5.41, 5.74) is 4.89. The van der Waals surface area contributed by atoms with Crippen molar-refractivity contribution in [2.24, 2.45) is 5.92 Å². The maximum absolute atomic E-state index is 12.6. The molecule has 0 aliphatic rings. The van der Waals surface area contributed by atoms with Crippen molar-refractivity contribution < 1.29 is 9.53 Å². The molecule has 1 N–H and O–H groups in total. The quantitative estimate of drug-likeness (QED) is 0.447. The number of carbonyl (C=O) groups is 1. The van der Waals surface area contributed by atoms with Gasteiger partial charge in [0.1, 0.15) is 16.8 Å². The molecule has 3 aromatic carbocycles. The van der Waals surface area contributed by atoms with Gasteiger partial charge in [0.05, 0.1) is 12.3 Å². The average Bonchev–Trinajstić information content (AvgIpc) is 3.21. The summed E-state index contributed by atoms with van der Waals surface area (Å²) in [6, 6.07) is 20.9. The highest BCUT2D eigenvalue weighted by Gasteiger charge is 2.10. The molecule has 0 bridgehead atoms. The van der Waals surface area contributed by atoms with Gasteiger partial charge in [-0.3, -0.25) is 4.79 Å². The number of carbonyl (C=O) groups excluding carboxylic acids is 1. The molecule has 0 aliphatic carbocycles. The Morgan fingerprint density at radius 1 is 0.968 bits per heavy atom. The fourth-order valence-corrected chi connectivity index (χ4v) is 3.14. The summed E-state index contributed by atoms with van der Waals surface area (Å²) in [7, 11) is 0. The number of amides is 1. The first-order valence-electron chi connectivity index (χ1n) is 10.5. The van der Waals surface area contributed by atoms with Gasteiger partial charge in [-0.25, -0.2) is 0 Å². The Bertz CT molecular complexity index is 1180. The molecule has 1 amide bonds. The van der Waals surface area contributed by atoms with E-state index < -0.39 is 0 Å². The van der Waals surface area contributed by atoms with E-state index in [9.17, 15) is 4.79 Å². The maximum Gasteiger partial charge on any atom is 0.255 e. The van der Waals surface area contributed by atoms with E-state index in [0.29, 0.717) is 23.8 Å². The number of anilines is 1. The third-order valence-electron chi connectivity index (χ3n) is 4.91. The van der Waals surface area contributed by atoms with Crippen LogP contribution in [0.4, 0.5) is 5.69 Å². The number of nitrogens with zero attached hydrogens (tertiary/aromatic N) is 3. The summed E-state index contributed by atoms with van der Waals surface area (Å²) < 4.78 is 5.67. The Balaban J connectivity index is 1.47. The standard InChI is InChI=1S/C25H26N4O2/c1-4-18-5-10-21(11-6-18)29-27-23-14-9-20(15-24(23)28-29)26-25(30)19-7-12-22(13-8-19)31-16-17(2)3/h5-15,17H,4,16H2,1-3H3,(H,26,30). The molecule has 4 aromatic rings. The highest BCUT2D eigenvalue weighted by atomic mass is 16.5. The van der Waals surface area contributed by atoms with Gasteiger partial charge in [-0.2, -0.15) is 4.80 Å². The van der Waals surface area contributed by atoms with Gasteiger partial charge in [0.2, 0.25) is 0 Å². The Kier molecular flexibility index (Phi) is 5.98. The minimum atomic E-state index is -0.183. The van der Waals surface area contributed by atoms with Crippen LogP contribution in [0.2, 0.25) is 0 Å². The maximum atomic E-state index is 12.6. The number of aromatic nitrogens is 3. The lowest BCUT2D eigenvalue weighted by Crippen LogP contribution is -2.12. The number of hydrogen-bond donors (Lipinski definition) is 1. The second-order valence-corrected chi connectivity index (χ2v) is 7.90. The van der Waals surface area contributed by atoms with Crippen molar-refractivity contribution >= 4 is 22.6 Å². The van der Waals surface area contributed by atoms with Gasteiger partial charge in [-0.15, -0.1) is 10.2 Å². The zero-order valence-corrected chi connectivity index (χ0v) is 18.0. The number of aryl methyl sites for hydroxylation is 1. The summed E-state index contributed by atoms with van der Waals surface area (Å²) in [6.07, 6.45) is 0.992. The minimum Gasteiger partial charge on any atom is -0.493 e. The first kappa shape index (κ1) is 20.6. The van der Waals surface area contributed by atoms with Gasteiger partial charge in [0.15, 0.2) is 0 Å². The Morgan fingerprint density at radius 2 is 1.68 bits per heavy atom. The first-order valence-corrected chi connectivity index (χ1v) is 10.5. The van der Waals surface area contributed by atoms with E-state index in [-0.39, 0.29) is 5.91 Å². The van der Waals surface area contributed by atoms with Crippen molar-refractivity contribution in [3.63, 3.8) is 0 Å². The zero-order chi connectivity index (χ0) is 21.8. The molecule has 31 heavy (non-hydrogen) atoms. The van der Waals surface area contributed by atoms with Gasteiger partial charge >= 0.3 is 0 Å². The molecule has 6 heteroatoms. The van der Waals surface area contributed by atoms with Crippen molar-refractivity contribution in [2.75, 3.05) is 11.9 Å². The topological polar surface area (TPSA) is 69.0 Å². The van der Waals surface area contributed by atoms with E-state index in [1.165, 1.54) is 5.56 Å². The number of rotatable bonds is 7. The summed E-state index contributed by atoms with van der Waals surface area (Å²) in [4.78, 5) is 14.2. The van der Waals surface area contributed by atoms with Crippen molar-refractivity contribution in [3.8, 4) is 11.4 Å². The molecule has 0 saturated carbocycles. The normalized spacial score (nSPS) is 11.1. The molecule has 0 aliphatic heterocycles. The lowest BCUT2D eigenvalue weighted by molar-refractivity contribution is 0.102. The van der Waals surface area contributed by atoms with Gasteiger partial charge in [0.25, 0.3) is 5.91 Å². The fourth-order valence-electron chi connectivity index (χ4n) is 3.14. The lowest BCUT2D eigenvalue weighted by atomic mass is 10.2. The van der Waals surface area contributed by atoms with Crippen molar-refractivity contribution in [2.45, 2.75) is 27.2 Å². The summed E-state index contributed by atoms with van der Waals surface area (Å²) >= 11 is 0. The molecule has 0 atom stereocenters. The van der Waals surface area contributed by atoms with Crippen LogP contribution in [-0.2, 0) is 6.42 Å². The summed E-state index contributed by atoms with van der Waals surface area (Å²) in [5.74, 6) is 1.03. The number of fused-ring (bicyclic) bond motifs is 1. The van der Waals surface area contributed by atoms with E-state index in [1.54, 1.807) is 16.9 Å². The molecular formula is C25H26N4O2. The van der Waals surface area contributed by atoms with Crippen LogP contribution < -0.4 is 10.1 Å². The van der Waals surface area contributed by atoms with Gasteiger partial charge < -0.3 is 10.1 Å². The van der Waals surface area contributed by atoms with Crippen molar-refractivity contribution in [1.82, 2.24) is 15.0 Å². The van der Waals surface area contributed by atoms with Crippen LogP contribution in [0, 0.1) is 5.92 Å². The molecule has 0 spiro atoms. The van der Waals surface area contributed by atoms with Crippen LogP contribution in [-0.4, -0.2) is 27.5 Å². The molecular weight excluding hydrogens is 388 g/mol. The third kappa shape index (κ3) is 4.91. The second-order valence-electron chi connectivity index (χ2n) is 7.90. The van der Waals surface area contributed by atoms with E-state index in [4.69, 9.17) is 4.74 Å². The average molecular weight is 415 g/mol. The van der Waals surface area contributed by atoms with Crippen LogP contribution in [0.15, 0.2) is 66.7 Å². The van der Waals surface area contributed by atoms with E-state index in [0.717, 1.165) is 28.9 Å². The van der Waals surface area contributed by atoms with E-state index in [2.05, 4.69) is 48.4 Å². The summed E-state index contributed by atoms with van der Waals surface area (Å²) in [5, 5.41) is 12.0. The number of benzene rings is 3. The predicted octanol–water partition coefficient (Wildman–Crippen LogP) is 5.27. The zero-order valence-electron chi connectivity index (χ0n) is 18.0. The van der Waals surface area contributed by atoms with Gasteiger partial charge in [0, 0.05) is 11.3 Å². The number of ether oxygens (including phenoxy) is 1. The van der Waals surface area contributed by atoms with Gasteiger partial charge in [-0.1, -0.05) is 32.9 Å². The molecule has 0 unspecified atom stereocenters. The smallest absolute Gasteiger partial charge is 0.255 e. The van der Waals surface area contributed by atoms with Crippen molar-refractivity contribution in [1.29, 1.82) is 0 Å². The van der Waals surface area contributed by atoms with Crippen LogP contribution in [0.3, 0.4) is 0 Å². The molecule has 0 saturated heterocycles. The predicted molar refractivity (Wildman–Crippen MR) is 123 cm³/mol. The van der Waals surface area contributed by atoms with E-state index in [1.807, 2.05) is 42.5 Å². The number of hydrogen-bond acceptors (Lipinski definition) is 4. The first-order chi connectivity index (χ1) is 15.0. The fraction of sp³-hybridized carbons (Fsp3) is 0.240. The molecule has 158 valence electrons. The van der Waals surface area contributed by atoms with Crippen LogP contribution in [0.1, 0.15) is 36.7 Å². The highest BCUT2D eigenvalue weighted by Crippen LogP contribution is 2.19. The van der Waals surface area contributed by atoms with Crippen LogP contribution in [0.25, 0.3) is 16.7 Å². The minimum absolute atomic E-state index is 0.183. The molecule has 0 fully saturated rings. The molecule has 4 rings (SSSR count). The second kappa shape index (κ2) is 9.00. The molecule has 1 aromatic heterocycles. The SMILES string of the molecule is CCc1ccc(-n2nc3ccc(NC(=O)c4ccc(OCC(C)C)cc4)cc3n2)cc1. The third-order valence-corrected chi connectivity index (χ3v) is 4.91. The lowest BCUT2D eigenvalue weighted by Gasteiger charge is -2.09. The Labute approximate surface area is 181 Å². The highest BCUT2D eigenvalue weighted by molar-refractivity contribution is 6.05. The van der Waals surface area contributed by atoms with Crippen LogP contribution in [0.5, 0.6) is 5.75 Å². The van der Waals surface area contributed by atoms with Gasteiger partial charge in [-0.05, 0) is 72.5 Å². The Morgan fingerprint density at radius 3 is 2.35 bits per heavy atom. The Hall–Kier alpha value is -3.67. The summed E-state index contributed by atoms with van der Waals surface area (Å²) in [6.45, 7) is 6.97. The molecule has 6 nitrogen and oxygen atoms in total. The van der Waals surface area contributed by atoms with E-state index >= 15 is 0 Å². The number of nitrogens with one attached hydrogen (secondary N) is 1. The van der Waals surface area contributed by atoms with Crippen LogP contribution >= 0.6 is 0 Å². The largest absolute Gasteiger partial charge is 0.493 e.